The number of hydrogen-bond donors (Lipinski definition) is 3. The number of aromatic amines is 1. The summed E-state index contributed by atoms with van der Waals surface area (Å²) in [7, 11) is 0. The quantitative estimate of drug-likeness (QED) is 0.805. The normalized spacial score (nSPS) is 12.0. The number of halogens is 1. The molecule has 6 heteroatoms. The van der Waals surface area contributed by atoms with Crippen molar-refractivity contribution in [2.24, 2.45) is 0 Å². The fraction of sp³-hybridized carbons (Fsp3) is 0.250. The first-order chi connectivity index (χ1) is 10.4. The minimum absolute atomic E-state index is 0.0605. The van der Waals surface area contributed by atoms with Crippen molar-refractivity contribution in [3.63, 3.8) is 0 Å². The highest BCUT2D eigenvalue weighted by atomic mass is 35.5. The zero-order valence-electron chi connectivity index (χ0n) is 12.3. The Kier molecular flexibility index (Phi) is 5.00. The third kappa shape index (κ3) is 3.37. The van der Waals surface area contributed by atoms with Crippen molar-refractivity contribution in [1.29, 1.82) is 0 Å². The van der Waals surface area contributed by atoms with Crippen LogP contribution in [0, 0.1) is 13.8 Å². The molecule has 0 aliphatic rings. The van der Waals surface area contributed by atoms with Crippen LogP contribution in [0.3, 0.4) is 0 Å². The number of benzene rings is 1. The molecule has 1 amide bonds. The lowest BCUT2D eigenvalue weighted by atomic mass is 10.1. The number of aryl methyl sites for hydroxylation is 1. The summed E-state index contributed by atoms with van der Waals surface area (Å²) in [5, 5.41) is 13.0. The van der Waals surface area contributed by atoms with Gasteiger partial charge in [-0.3, -0.25) is 9.59 Å². The second-order valence-electron chi connectivity index (χ2n) is 5.05. The van der Waals surface area contributed by atoms with E-state index in [-0.39, 0.29) is 12.0 Å². The summed E-state index contributed by atoms with van der Waals surface area (Å²) in [6, 6.07) is 6.61. The van der Waals surface area contributed by atoms with Gasteiger partial charge in [0.25, 0.3) is 5.91 Å². The van der Waals surface area contributed by atoms with Crippen LogP contribution >= 0.6 is 11.6 Å². The second kappa shape index (κ2) is 6.77. The number of amides is 1. The van der Waals surface area contributed by atoms with Crippen molar-refractivity contribution >= 4 is 17.5 Å². The average Bonchev–Trinajstić information content (AvgIpc) is 2.51. The molecule has 1 heterocycles. The summed E-state index contributed by atoms with van der Waals surface area (Å²) in [4.78, 5) is 26.8. The standard InChI is InChI=1S/C16H17ClN2O3/c1-9-7-18-13(10(2)14(9)20)8-19-16(22)15(21)11-5-3-4-6-12(11)17/h3-7,15,21H,8H2,1-2H3,(H,18,20)(H,19,22)/t15-/m1/s1. The largest absolute Gasteiger partial charge is 0.378 e. The molecule has 1 aromatic heterocycles. The highest BCUT2D eigenvalue weighted by molar-refractivity contribution is 6.31. The third-order valence-corrected chi connectivity index (χ3v) is 3.85. The van der Waals surface area contributed by atoms with Crippen molar-refractivity contribution in [2.75, 3.05) is 0 Å². The van der Waals surface area contributed by atoms with E-state index in [2.05, 4.69) is 10.3 Å². The molecule has 0 radical (unpaired) electrons. The molecule has 116 valence electrons. The first-order valence-corrected chi connectivity index (χ1v) is 7.17. The molecule has 0 unspecified atom stereocenters. The summed E-state index contributed by atoms with van der Waals surface area (Å²) in [6.07, 6.45) is 0.243. The summed E-state index contributed by atoms with van der Waals surface area (Å²) in [5.41, 5.74) is 2.05. The van der Waals surface area contributed by atoms with Crippen molar-refractivity contribution in [3.05, 3.63) is 68.1 Å². The van der Waals surface area contributed by atoms with Crippen LogP contribution in [0.25, 0.3) is 0 Å². The van der Waals surface area contributed by atoms with E-state index >= 15 is 0 Å². The highest BCUT2D eigenvalue weighted by Crippen LogP contribution is 2.22. The first-order valence-electron chi connectivity index (χ1n) is 6.79. The van der Waals surface area contributed by atoms with Gasteiger partial charge in [-0.25, -0.2) is 0 Å². The van der Waals surface area contributed by atoms with Gasteiger partial charge in [0, 0.05) is 33.6 Å². The topological polar surface area (TPSA) is 82.2 Å². The van der Waals surface area contributed by atoms with Crippen LogP contribution in [-0.4, -0.2) is 16.0 Å². The van der Waals surface area contributed by atoms with E-state index in [0.717, 1.165) is 0 Å². The second-order valence-corrected chi connectivity index (χ2v) is 5.45. The average molecular weight is 321 g/mol. The van der Waals surface area contributed by atoms with Gasteiger partial charge in [0.15, 0.2) is 11.5 Å². The molecule has 22 heavy (non-hydrogen) atoms. The Morgan fingerprint density at radius 2 is 2.05 bits per heavy atom. The molecule has 0 fully saturated rings. The van der Waals surface area contributed by atoms with Crippen molar-refractivity contribution in [2.45, 2.75) is 26.5 Å². The first kappa shape index (κ1) is 16.3. The maximum Gasteiger partial charge on any atom is 0.253 e. The minimum atomic E-state index is -1.36. The van der Waals surface area contributed by atoms with Crippen molar-refractivity contribution in [3.8, 4) is 0 Å². The van der Waals surface area contributed by atoms with Crippen LogP contribution < -0.4 is 10.7 Å². The Labute approximate surface area is 133 Å². The lowest BCUT2D eigenvalue weighted by molar-refractivity contribution is -0.129. The SMILES string of the molecule is Cc1c[nH]c(CNC(=O)[C@H](O)c2ccccc2Cl)c(C)c1=O. The van der Waals surface area contributed by atoms with Gasteiger partial charge < -0.3 is 15.4 Å². The Balaban J connectivity index is 2.09. The fourth-order valence-corrected chi connectivity index (χ4v) is 2.33. The number of aromatic nitrogens is 1. The lowest BCUT2D eigenvalue weighted by Gasteiger charge is -2.14. The predicted molar refractivity (Wildman–Crippen MR) is 84.8 cm³/mol. The fourth-order valence-electron chi connectivity index (χ4n) is 2.10. The Hall–Kier alpha value is -2.11. The van der Waals surface area contributed by atoms with Gasteiger partial charge in [-0.05, 0) is 19.9 Å². The Morgan fingerprint density at radius 1 is 1.36 bits per heavy atom. The van der Waals surface area contributed by atoms with Crippen molar-refractivity contribution in [1.82, 2.24) is 10.3 Å². The van der Waals surface area contributed by atoms with Gasteiger partial charge in [-0.15, -0.1) is 0 Å². The molecule has 5 nitrogen and oxygen atoms in total. The van der Waals surface area contributed by atoms with Crippen LogP contribution in [-0.2, 0) is 11.3 Å². The third-order valence-electron chi connectivity index (χ3n) is 3.50. The molecule has 1 aromatic carbocycles. The van der Waals surface area contributed by atoms with Crippen LogP contribution in [0.2, 0.25) is 5.02 Å². The van der Waals surface area contributed by atoms with E-state index in [1.165, 1.54) is 0 Å². The molecule has 0 aliphatic heterocycles. The summed E-state index contributed by atoms with van der Waals surface area (Å²) in [5.74, 6) is -0.575. The van der Waals surface area contributed by atoms with Crippen LogP contribution in [0.4, 0.5) is 0 Å². The Bertz CT molecular complexity index is 755. The zero-order valence-corrected chi connectivity index (χ0v) is 13.1. The molecule has 0 saturated heterocycles. The van der Waals surface area contributed by atoms with E-state index in [9.17, 15) is 14.7 Å². The molecule has 0 aliphatic carbocycles. The van der Waals surface area contributed by atoms with E-state index in [1.807, 2.05) is 0 Å². The van der Waals surface area contributed by atoms with Crippen LogP contribution in [0.1, 0.15) is 28.5 Å². The van der Waals surface area contributed by atoms with Gasteiger partial charge in [0.2, 0.25) is 0 Å². The van der Waals surface area contributed by atoms with E-state index in [4.69, 9.17) is 11.6 Å². The van der Waals surface area contributed by atoms with Gasteiger partial charge in [-0.1, -0.05) is 29.8 Å². The lowest BCUT2D eigenvalue weighted by Crippen LogP contribution is -2.30. The van der Waals surface area contributed by atoms with Gasteiger partial charge in [-0.2, -0.15) is 0 Å². The predicted octanol–water partition coefficient (Wildman–Crippen LogP) is 1.99. The molecular formula is C16H17ClN2O3. The molecule has 2 rings (SSSR count). The van der Waals surface area contributed by atoms with E-state index in [1.54, 1.807) is 44.3 Å². The number of pyridine rings is 1. The number of aliphatic hydroxyl groups excluding tert-OH is 1. The number of hydrogen-bond acceptors (Lipinski definition) is 3. The monoisotopic (exact) mass is 320 g/mol. The molecule has 0 bridgehead atoms. The number of carbonyl (C=O) groups is 1. The molecule has 1 atom stereocenters. The Morgan fingerprint density at radius 3 is 2.73 bits per heavy atom. The van der Waals surface area contributed by atoms with Crippen molar-refractivity contribution < 1.29 is 9.90 Å². The van der Waals surface area contributed by atoms with E-state index in [0.29, 0.717) is 27.4 Å². The smallest absolute Gasteiger partial charge is 0.253 e. The molecule has 0 spiro atoms. The van der Waals surface area contributed by atoms with Gasteiger partial charge in [0.05, 0.1) is 6.54 Å². The van der Waals surface area contributed by atoms with Crippen LogP contribution in [0.15, 0.2) is 35.3 Å². The summed E-state index contributed by atoms with van der Waals surface area (Å²) < 4.78 is 0. The number of nitrogens with one attached hydrogen (secondary N) is 2. The summed E-state index contributed by atoms with van der Waals surface area (Å²) in [6.45, 7) is 3.54. The molecule has 0 saturated carbocycles. The summed E-state index contributed by atoms with van der Waals surface area (Å²) >= 11 is 5.96. The van der Waals surface area contributed by atoms with Crippen LogP contribution in [0.5, 0.6) is 0 Å². The maximum atomic E-state index is 12.0. The molecule has 2 aromatic rings. The maximum absolute atomic E-state index is 12.0. The highest BCUT2D eigenvalue weighted by Gasteiger charge is 2.19. The molecular weight excluding hydrogens is 304 g/mol. The van der Waals surface area contributed by atoms with Gasteiger partial charge >= 0.3 is 0 Å². The molecule has 3 N–H and O–H groups in total. The number of rotatable bonds is 4. The number of aliphatic hydroxyl groups is 1. The number of carbonyl (C=O) groups excluding carboxylic acids is 1. The van der Waals surface area contributed by atoms with E-state index < -0.39 is 12.0 Å². The van der Waals surface area contributed by atoms with Gasteiger partial charge in [0.1, 0.15) is 0 Å². The number of H-pyrrole nitrogens is 1. The zero-order chi connectivity index (χ0) is 16.3. The minimum Gasteiger partial charge on any atom is -0.378 e.